The molecule has 23 heavy (non-hydrogen) atoms. The Kier molecular flexibility index (Phi) is 4.57. The van der Waals surface area contributed by atoms with Gasteiger partial charge in [0.1, 0.15) is 11.7 Å². The summed E-state index contributed by atoms with van der Waals surface area (Å²) >= 11 is 0. The summed E-state index contributed by atoms with van der Waals surface area (Å²) in [6, 6.07) is 6.81. The van der Waals surface area contributed by atoms with Gasteiger partial charge >= 0.3 is 0 Å². The normalized spacial score (nSPS) is 20.0. The largest absolute Gasteiger partial charge is 0.372 e. The SMILES string of the molecule is C=CNC1=NC=C(c2ccccc2F)/C1=C(/C)N1CCNCC1. The monoisotopic (exact) mass is 312 g/mol. The van der Waals surface area contributed by atoms with E-state index in [0.29, 0.717) is 11.4 Å². The molecule has 1 aromatic rings. The van der Waals surface area contributed by atoms with Gasteiger partial charge in [-0.05, 0) is 19.2 Å². The first kappa shape index (κ1) is 15.5. The Morgan fingerprint density at radius 1 is 1.35 bits per heavy atom. The molecule has 0 bridgehead atoms. The third kappa shape index (κ3) is 3.05. The molecule has 4 nitrogen and oxygen atoms in total. The summed E-state index contributed by atoms with van der Waals surface area (Å²) in [6.07, 6.45) is 3.33. The number of hydrogen-bond donors (Lipinski definition) is 2. The number of aliphatic imine (C=N–C) groups is 1. The predicted octanol–water partition coefficient (Wildman–Crippen LogP) is 2.49. The zero-order chi connectivity index (χ0) is 16.2. The Balaban J connectivity index is 2.03. The molecule has 0 spiro atoms. The fourth-order valence-electron chi connectivity index (χ4n) is 3.00. The van der Waals surface area contributed by atoms with E-state index >= 15 is 0 Å². The van der Waals surface area contributed by atoms with Crippen molar-refractivity contribution in [3.8, 4) is 0 Å². The smallest absolute Gasteiger partial charge is 0.139 e. The van der Waals surface area contributed by atoms with Crippen molar-refractivity contribution in [2.24, 2.45) is 4.99 Å². The van der Waals surface area contributed by atoms with E-state index in [9.17, 15) is 4.39 Å². The molecule has 2 N–H and O–H groups in total. The number of nitrogens with zero attached hydrogens (tertiary/aromatic N) is 2. The fourth-order valence-corrected chi connectivity index (χ4v) is 3.00. The summed E-state index contributed by atoms with van der Waals surface area (Å²) < 4.78 is 14.3. The van der Waals surface area contributed by atoms with Gasteiger partial charge in [0.25, 0.3) is 0 Å². The summed E-state index contributed by atoms with van der Waals surface area (Å²) in [7, 11) is 0. The van der Waals surface area contributed by atoms with Gasteiger partial charge in [-0.15, -0.1) is 0 Å². The third-order valence-corrected chi connectivity index (χ3v) is 4.18. The molecule has 0 aliphatic carbocycles. The zero-order valence-corrected chi connectivity index (χ0v) is 13.3. The quantitative estimate of drug-likeness (QED) is 0.901. The van der Waals surface area contributed by atoms with Gasteiger partial charge in [0.05, 0.1) is 0 Å². The van der Waals surface area contributed by atoms with Gasteiger partial charge in [-0.3, -0.25) is 0 Å². The number of rotatable bonds is 3. The molecule has 0 amide bonds. The Morgan fingerprint density at radius 2 is 2.09 bits per heavy atom. The Bertz CT molecular complexity index is 697. The van der Waals surface area contributed by atoms with E-state index in [2.05, 4.69) is 34.0 Å². The zero-order valence-electron chi connectivity index (χ0n) is 13.3. The molecule has 0 aromatic heterocycles. The van der Waals surface area contributed by atoms with Gasteiger partial charge in [-0.25, -0.2) is 9.38 Å². The van der Waals surface area contributed by atoms with E-state index < -0.39 is 0 Å². The predicted molar refractivity (Wildman–Crippen MR) is 92.3 cm³/mol. The van der Waals surface area contributed by atoms with Gasteiger partial charge in [0.15, 0.2) is 0 Å². The van der Waals surface area contributed by atoms with Crippen molar-refractivity contribution >= 4 is 11.4 Å². The first-order chi connectivity index (χ1) is 11.2. The molecule has 5 heteroatoms. The molecule has 0 atom stereocenters. The lowest BCUT2D eigenvalue weighted by Crippen LogP contribution is -2.43. The van der Waals surface area contributed by atoms with Crippen LogP contribution in [-0.2, 0) is 0 Å². The number of benzene rings is 1. The lowest BCUT2D eigenvalue weighted by atomic mass is 9.96. The highest BCUT2D eigenvalue weighted by Gasteiger charge is 2.25. The first-order valence-corrected chi connectivity index (χ1v) is 7.80. The number of amidine groups is 1. The molecular formula is C18H21FN4. The lowest BCUT2D eigenvalue weighted by molar-refractivity contribution is 0.299. The molecule has 2 aliphatic rings. The van der Waals surface area contributed by atoms with Gasteiger partial charge in [-0.2, -0.15) is 0 Å². The van der Waals surface area contributed by atoms with Crippen molar-refractivity contribution in [2.45, 2.75) is 6.92 Å². The van der Waals surface area contributed by atoms with Crippen molar-refractivity contribution < 1.29 is 4.39 Å². The van der Waals surface area contributed by atoms with E-state index in [1.165, 1.54) is 6.07 Å². The average molecular weight is 312 g/mol. The first-order valence-electron chi connectivity index (χ1n) is 7.80. The molecule has 2 heterocycles. The minimum Gasteiger partial charge on any atom is -0.372 e. The minimum atomic E-state index is -0.237. The van der Waals surface area contributed by atoms with E-state index in [0.717, 1.165) is 43.0 Å². The maximum atomic E-state index is 14.3. The van der Waals surface area contributed by atoms with Crippen molar-refractivity contribution in [3.63, 3.8) is 0 Å². The van der Waals surface area contributed by atoms with Crippen LogP contribution in [0.5, 0.6) is 0 Å². The number of halogens is 1. The van der Waals surface area contributed by atoms with Gasteiger partial charge < -0.3 is 15.5 Å². The van der Waals surface area contributed by atoms with Crippen LogP contribution in [0.1, 0.15) is 12.5 Å². The Labute approximate surface area is 136 Å². The molecule has 1 aromatic carbocycles. The second-order valence-corrected chi connectivity index (χ2v) is 5.55. The van der Waals surface area contributed by atoms with Crippen LogP contribution in [0.4, 0.5) is 4.39 Å². The highest BCUT2D eigenvalue weighted by molar-refractivity contribution is 6.16. The van der Waals surface area contributed by atoms with Crippen molar-refractivity contribution in [3.05, 3.63) is 65.9 Å². The summed E-state index contributed by atoms with van der Waals surface area (Å²) in [4.78, 5) is 6.74. The van der Waals surface area contributed by atoms with Crippen LogP contribution < -0.4 is 10.6 Å². The van der Waals surface area contributed by atoms with E-state index in [1.807, 2.05) is 6.07 Å². The van der Waals surface area contributed by atoms with Crippen molar-refractivity contribution in [1.29, 1.82) is 0 Å². The van der Waals surface area contributed by atoms with E-state index in [-0.39, 0.29) is 5.82 Å². The standard InChI is InChI=1S/C18H21FN4/c1-3-21-18-17(13(2)23-10-8-20-9-11-23)15(12-22-18)14-6-4-5-7-16(14)19/h3-7,12,20H,1,8-11H2,2H3,(H,21,22)/b17-13+. The van der Waals surface area contributed by atoms with E-state index in [4.69, 9.17) is 0 Å². The third-order valence-electron chi connectivity index (χ3n) is 4.18. The molecule has 120 valence electrons. The van der Waals surface area contributed by atoms with Crippen LogP contribution in [0.15, 0.2) is 59.5 Å². The van der Waals surface area contributed by atoms with Gasteiger partial charge in [-0.1, -0.05) is 24.8 Å². The van der Waals surface area contributed by atoms with Crippen LogP contribution in [0.25, 0.3) is 5.57 Å². The highest BCUT2D eigenvalue weighted by atomic mass is 19.1. The maximum absolute atomic E-state index is 14.3. The van der Waals surface area contributed by atoms with E-state index in [1.54, 1.807) is 24.5 Å². The average Bonchev–Trinajstić information content (AvgIpc) is 2.99. The van der Waals surface area contributed by atoms with Crippen LogP contribution in [0.3, 0.4) is 0 Å². The molecule has 0 radical (unpaired) electrons. The molecule has 1 saturated heterocycles. The van der Waals surface area contributed by atoms with Crippen LogP contribution in [0.2, 0.25) is 0 Å². The molecule has 1 fully saturated rings. The Hall–Kier alpha value is -2.40. The summed E-state index contributed by atoms with van der Waals surface area (Å²) in [5.74, 6) is 0.480. The fraction of sp³-hybridized carbons (Fsp3) is 0.278. The van der Waals surface area contributed by atoms with Crippen LogP contribution in [-0.4, -0.2) is 36.9 Å². The molecule has 2 aliphatic heterocycles. The minimum absolute atomic E-state index is 0.237. The Morgan fingerprint density at radius 3 is 2.78 bits per heavy atom. The number of nitrogens with one attached hydrogen (secondary N) is 2. The number of hydrogen-bond acceptors (Lipinski definition) is 4. The number of piperazine rings is 1. The molecular weight excluding hydrogens is 291 g/mol. The highest BCUT2D eigenvalue weighted by Crippen LogP contribution is 2.33. The molecule has 3 rings (SSSR count). The summed E-state index contributed by atoms with van der Waals surface area (Å²) in [5.41, 5.74) is 3.42. The van der Waals surface area contributed by atoms with Gasteiger partial charge in [0.2, 0.25) is 0 Å². The second-order valence-electron chi connectivity index (χ2n) is 5.55. The van der Waals surface area contributed by atoms with Gasteiger partial charge in [0, 0.05) is 54.8 Å². The maximum Gasteiger partial charge on any atom is 0.139 e. The van der Waals surface area contributed by atoms with Crippen molar-refractivity contribution in [2.75, 3.05) is 26.2 Å². The summed E-state index contributed by atoms with van der Waals surface area (Å²) in [6.45, 7) is 9.54. The summed E-state index contributed by atoms with van der Waals surface area (Å²) in [5, 5.41) is 6.42. The second kappa shape index (κ2) is 6.79. The topological polar surface area (TPSA) is 39.7 Å². The van der Waals surface area contributed by atoms with Crippen molar-refractivity contribution in [1.82, 2.24) is 15.5 Å². The number of allylic oxidation sites excluding steroid dienone is 1. The van der Waals surface area contributed by atoms with Crippen LogP contribution >= 0.6 is 0 Å². The lowest BCUT2D eigenvalue weighted by Gasteiger charge is -2.32. The molecule has 0 unspecified atom stereocenters. The molecule has 0 saturated carbocycles. The van der Waals surface area contributed by atoms with Crippen LogP contribution in [0, 0.1) is 5.82 Å².